The van der Waals surface area contributed by atoms with Crippen molar-refractivity contribution in [2.24, 2.45) is 14.2 Å². The molecule has 0 N–H and O–H groups in total. The van der Waals surface area contributed by atoms with E-state index < -0.39 is 26.6 Å². The van der Waals surface area contributed by atoms with Crippen LogP contribution in [0.4, 0.5) is 0 Å². The molecule has 0 radical (unpaired) electrons. The van der Waals surface area contributed by atoms with Gasteiger partial charge < -0.3 is 0 Å². The maximum absolute atomic E-state index is 6.37. The minimum atomic E-state index is -2.69. The van der Waals surface area contributed by atoms with E-state index in [2.05, 4.69) is 303 Å². The summed E-state index contributed by atoms with van der Waals surface area (Å²) < 4.78 is 19.1. The van der Waals surface area contributed by atoms with Crippen molar-refractivity contribution in [3.05, 3.63) is 309 Å². The topological polar surface area (TPSA) is 37.1 Å². The first-order valence-corrected chi connectivity index (χ1v) is 29.2. The van der Waals surface area contributed by atoms with E-state index in [-0.39, 0.29) is 0 Å². The summed E-state index contributed by atoms with van der Waals surface area (Å²) in [6, 6.07) is 110. The molecule has 70 heavy (non-hydrogen) atoms. The highest BCUT2D eigenvalue weighted by atomic mass is 31.2. The molecule has 0 amide bonds. The van der Waals surface area contributed by atoms with Crippen LogP contribution >= 0.6 is 21.2 Å². The molecule has 0 heterocycles. The van der Waals surface area contributed by atoms with Gasteiger partial charge in [-0.05, 0) is 5.56 Å². The average molecular weight is 960 g/mol. The quantitative estimate of drug-likeness (QED) is 0.0866. The monoisotopic (exact) mass is 959 g/mol. The summed E-state index contributed by atoms with van der Waals surface area (Å²) in [4.78, 5) is 0. The summed E-state index contributed by atoms with van der Waals surface area (Å²) in [5.41, 5.74) is 0.427. The van der Waals surface area contributed by atoms with Crippen LogP contribution < -0.4 is 47.7 Å². The predicted molar refractivity (Wildman–Crippen MR) is 305 cm³/mol. The second-order valence-corrected chi connectivity index (χ2v) is 26.8. The lowest BCUT2D eigenvalue weighted by molar-refractivity contribution is 0.469. The second kappa shape index (κ2) is 21.7. The van der Waals surface area contributed by atoms with E-state index in [0.29, 0.717) is 19.6 Å². The van der Waals surface area contributed by atoms with Gasteiger partial charge in [0, 0.05) is 47.7 Å². The molecule has 0 fully saturated rings. The molecular formula is C64H56N3P3. The van der Waals surface area contributed by atoms with E-state index in [9.17, 15) is 0 Å². The van der Waals surface area contributed by atoms with Gasteiger partial charge in [0.1, 0.15) is 0 Å². The predicted octanol–water partition coefficient (Wildman–Crippen LogP) is 12.5. The zero-order valence-electron chi connectivity index (χ0n) is 39.2. The Morgan fingerprint density at radius 2 is 0.343 bits per heavy atom. The number of rotatable bonds is 16. The fourth-order valence-corrected chi connectivity index (χ4v) is 20.8. The zero-order chi connectivity index (χ0) is 47.4. The minimum Gasteiger partial charge on any atom is -0.289 e. The van der Waals surface area contributed by atoms with Gasteiger partial charge in [0.15, 0.2) is 0 Å². The summed E-state index contributed by atoms with van der Waals surface area (Å²) in [6.45, 7) is 1.35. The normalized spacial score (nSPS) is 11.9. The lowest BCUT2D eigenvalue weighted by Crippen LogP contribution is -2.39. The van der Waals surface area contributed by atoms with Crippen molar-refractivity contribution in [2.45, 2.75) is 5.41 Å². The van der Waals surface area contributed by atoms with Crippen LogP contribution in [0.1, 0.15) is 5.56 Å². The van der Waals surface area contributed by atoms with Crippen LogP contribution in [0.3, 0.4) is 0 Å². The fraction of sp³-hybridized carbons (Fsp3) is 0.0625. The third-order valence-corrected chi connectivity index (χ3v) is 24.4. The van der Waals surface area contributed by atoms with Gasteiger partial charge in [-0.2, -0.15) is 0 Å². The van der Waals surface area contributed by atoms with Crippen molar-refractivity contribution in [3.63, 3.8) is 0 Å². The molecule has 10 aromatic carbocycles. The molecule has 10 aromatic rings. The molecule has 0 saturated heterocycles. The third kappa shape index (κ3) is 9.22. The van der Waals surface area contributed by atoms with Crippen LogP contribution in [0.25, 0.3) is 0 Å². The molecule has 0 saturated carbocycles. The Morgan fingerprint density at radius 3 is 0.500 bits per heavy atom. The number of benzene rings is 10. The van der Waals surface area contributed by atoms with Crippen molar-refractivity contribution in [1.82, 2.24) is 0 Å². The summed E-state index contributed by atoms with van der Waals surface area (Å²) in [5, 5.41) is 10.9. The molecule has 0 aliphatic rings. The Kier molecular flexibility index (Phi) is 14.4. The summed E-state index contributed by atoms with van der Waals surface area (Å²) in [7, 11) is -8.06. The molecule has 3 nitrogen and oxygen atoms in total. The number of hydrogen-bond acceptors (Lipinski definition) is 3. The summed E-state index contributed by atoms with van der Waals surface area (Å²) in [5.74, 6) is 0. The smallest absolute Gasteiger partial charge is 0.0548 e. The summed E-state index contributed by atoms with van der Waals surface area (Å²) in [6.07, 6.45) is 0. The zero-order valence-corrected chi connectivity index (χ0v) is 41.9. The molecule has 0 bridgehead atoms. The van der Waals surface area contributed by atoms with Crippen molar-refractivity contribution in [3.8, 4) is 0 Å². The molecule has 0 atom stereocenters. The Bertz CT molecular complexity index is 2730. The molecule has 0 spiro atoms. The largest absolute Gasteiger partial charge is 0.289 e. The number of hydrogen-bond donors (Lipinski definition) is 0. The minimum absolute atomic E-state index is 0.452. The SMILES string of the molecule is c1ccc(C(CN=P(c2ccccc2)(c2ccccc2)c2ccccc2)(CN=P(c2ccccc2)(c2ccccc2)c2ccccc2)CN=P(c2ccccc2)(c2ccccc2)c2ccccc2)cc1. The average Bonchev–Trinajstić information content (AvgIpc) is 3.46. The third-order valence-electron chi connectivity index (χ3n) is 13.3. The van der Waals surface area contributed by atoms with E-state index in [4.69, 9.17) is 14.2 Å². The molecule has 0 aliphatic heterocycles. The Morgan fingerprint density at radius 1 is 0.200 bits per heavy atom. The van der Waals surface area contributed by atoms with E-state index in [1.807, 2.05) is 0 Å². The lowest BCUT2D eigenvalue weighted by Gasteiger charge is -2.37. The molecule has 0 aliphatic carbocycles. The second-order valence-electron chi connectivity index (χ2n) is 17.5. The summed E-state index contributed by atoms with van der Waals surface area (Å²) >= 11 is 0. The van der Waals surface area contributed by atoms with E-state index in [1.165, 1.54) is 47.7 Å². The van der Waals surface area contributed by atoms with Gasteiger partial charge in [-0.1, -0.05) is 303 Å². The lowest BCUT2D eigenvalue weighted by atomic mass is 9.80. The standard InChI is InChI=1S/C64H56N3P3/c1-11-31-54(32-12-1)64(51-65-68(55-33-13-2-14-34-55,56-35-15-3-16-36-56)57-37-17-4-18-38-57,52-66-69(58-39-19-5-20-40-58,59-41-21-6-22-42-59)60-43-23-7-24-44-60)53-67-70(61-45-25-8-26-46-61,62-47-27-9-28-48-62)63-49-29-10-30-50-63/h1-50H,51-53H2. The van der Waals surface area contributed by atoms with Gasteiger partial charge in [-0.15, -0.1) is 0 Å². The molecule has 6 heteroatoms. The highest BCUT2D eigenvalue weighted by molar-refractivity contribution is 7.88. The number of nitrogens with zero attached hydrogens (tertiary/aromatic N) is 3. The molecular weight excluding hydrogens is 904 g/mol. The van der Waals surface area contributed by atoms with Crippen molar-refractivity contribution in [1.29, 1.82) is 0 Å². The van der Waals surface area contributed by atoms with Gasteiger partial charge in [0.05, 0.1) is 46.2 Å². The van der Waals surface area contributed by atoms with Gasteiger partial charge in [0.2, 0.25) is 0 Å². The van der Waals surface area contributed by atoms with Gasteiger partial charge in [-0.3, -0.25) is 14.2 Å². The van der Waals surface area contributed by atoms with Crippen molar-refractivity contribution < 1.29 is 0 Å². The Labute approximate surface area is 414 Å². The van der Waals surface area contributed by atoms with Crippen LogP contribution in [0.15, 0.2) is 318 Å². The van der Waals surface area contributed by atoms with Crippen molar-refractivity contribution >= 4 is 68.9 Å². The first-order chi connectivity index (χ1) is 34.7. The molecule has 0 unspecified atom stereocenters. The first kappa shape index (κ1) is 46.6. The highest BCUT2D eigenvalue weighted by Crippen LogP contribution is 2.52. The van der Waals surface area contributed by atoms with Crippen LogP contribution in [0, 0.1) is 0 Å². The van der Waals surface area contributed by atoms with E-state index >= 15 is 0 Å². The van der Waals surface area contributed by atoms with E-state index in [1.54, 1.807) is 0 Å². The van der Waals surface area contributed by atoms with Gasteiger partial charge in [0.25, 0.3) is 0 Å². The van der Waals surface area contributed by atoms with Gasteiger partial charge >= 0.3 is 0 Å². The van der Waals surface area contributed by atoms with Crippen LogP contribution in [-0.4, -0.2) is 19.6 Å². The van der Waals surface area contributed by atoms with Gasteiger partial charge in [-0.25, -0.2) is 0 Å². The highest BCUT2D eigenvalue weighted by Gasteiger charge is 2.39. The van der Waals surface area contributed by atoms with Crippen LogP contribution in [0.2, 0.25) is 0 Å². The van der Waals surface area contributed by atoms with Crippen LogP contribution in [0.5, 0.6) is 0 Å². The Hall–Kier alpha value is -7.11. The molecule has 10 rings (SSSR count). The molecule has 0 aromatic heterocycles. The van der Waals surface area contributed by atoms with E-state index in [0.717, 1.165) is 5.56 Å². The maximum Gasteiger partial charge on any atom is 0.0548 e. The first-order valence-electron chi connectivity index (χ1n) is 24.0. The fourth-order valence-electron chi connectivity index (χ4n) is 9.81. The Balaban J connectivity index is 1.35. The maximum atomic E-state index is 6.37. The van der Waals surface area contributed by atoms with Crippen molar-refractivity contribution in [2.75, 3.05) is 19.6 Å². The molecule has 342 valence electrons. The van der Waals surface area contributed by atoms with Crippen LogP contribution in [-0.2, 0) is 5.41 Å².